The molecule has 4 atom stereocenters. The summed E-state index contributed by atoms with van der Waals surface area (Å²) in [5.74, 6) is -0.189. The molecule has 1 heterocycles. The Hall–Kier alpha value is -1.59. The van der Waals surface area contributed by atoms with E-state index < -0.39 is 12.1 Å². The summed E-state index contributed by atoms with van der Waals surface area (Å²) < 4.78 is 10.6. The summed E-state index contributed by atoms with van der Waals surface area (Å²) >= 11 is 0. The van der Waals surface area contributed by atoms with Crippen LogP contribution in [-0.2, 0) is 4.74 Å². The predicted molar refractivity (Wildman–Crippen MR) is 66.1 cm³/mol. The van der Waals surface area contributed by atoms with Crippen molar-refractivity contribution in [3.63, 3.8) is 0 Å². The number of carbonyl (C=O) groups excluding carboxylic acids is 1. The Morgan fingerprint density at radius 2 is 2.32 bits per heavy atom. The lowest BCUT2D eigenvalue weighted by Crippen LogP contribution is -2.22. The molecule has 2 aliphatic rings. The second-order valence-electron chi connectivity index (χ2n) is 5.05. The van der Waals surface area contributed by atoms with Gasteiger partial charge in [0.05, 0.1) is 13.2 Å². The van der Waals surface area contributed by atoms with Crippen LogP contribution in [0.15, 0.2) is 18.2 Å². The van der Waals surface area contributed by atoms with Gasteiger partial charge in [-0.25, -0.2) is 4.79 Å². The van der Waals surface area contributed by atoms with E-state index in [9.17, 15) is 15.0 Å². The molecule has 0 saturated heterocycles. The SMILES string of the molecule is COC(=O)c1cccc2c1O[C@@H]1CC(O)C(CO)[C@H]21. The number of benzene rings is 1. The molecule has 1 aliphatic carbocycles. The van der Waals surface area contributed by atoms with Gasteiger partial charge in [-0.2, -0.15) is 0 Å². The van der Waals surface area contributed by atoms with Crippen molar-refractivity contribution in [1.82, 2.24) is 0 Å². The first-order valence-electron chi connectivity index (χ1n) is 6.34. The summed E-state index contributed by atoms with van der Waals surface area (Å²) in [6.45, 7) is -0.0897. The molecule has 5 nitrogen and oxygen atoms in total. The van der Waals surface area contributed by atoms with E-state index in [1.807, 2.05) is 6.07 Å². The van der Waals surface area contributed by atoms with Crippen molar-refractivity contribution in [3.05, 3.63) is 29.3 Å². The van der Waals surface area contributed by atoms with Crippen molar-refractivity contribution in [2.75, 3.05) is 13.7 Å². The van der Waals surface area contributed by atoms with Crippen molar-refractivity contribution < 1.29 is 24.5 Å². The van der Waals surface area contributed by atoms with Crippen molar-refractivity contribution in [1.29, 1.82) is 0 Å². The number of ether oxygens (including phenoxy) is 2. The second-order valence-corrected chi connectivity index (χ2v) is 5.05. The van der Waals surface area contributed by atoms with E-state index in [4.69, 9.17) is 9.47 Å². The molecule has 1 aromatic carbocycles. The molecule has 5 heteroatoms. The van der Waals surface area contributed by atoms with Crippen LogP contribution in [0.1, 0.15) is 28.3 Å². The maximum atomic E-state index is 11.7. The van der Waals surface area contributed by atoms with E-state index in [-0.39, 0.29) is 24.5 Å². The van der Waals surface area contributed by atoms with Crippen LogP contribution in [0, 0.1) is 5.92 Å². The number of aliphatic hydroxyl groups is 2. The fourth-order valence-electron chi connectivity index (χ4n) is 3.23. The van der Waals surface area contributed by atoms with E-state index in [0.717, 1.165) is 5.56 Å². The van der Waals surface area contributed by atoms with Crippen LogP contribution in [0.2, 0.25) is 0 Å². The van der Waals surface area contributed by atoms with Crippen molar-refractivity contribution in [2.45, 2.75) is 24.5 Å². The van der Waals surface area contributed by atoms with Gasteiger partial charge in [0.2, 0.25) is 0 Å². The number of aliphatic hydroxyl groups excluding tert-OH is 2. The standard InChI is InChI=1S/C14H16O5/c1-18-14(17)8-4-2-3-7-12-9(6-15)10(16)5-11(12)19-13(7)8/h2-4,9-12,15-16H,5-6H2,1H3/t9?,10?,11-,12+/m1/s1. The molecule has 1 saturated carbocycles. The van der Waals surface area contributed by atoms with E-state index in [1.54, 1.807) is 12.1 Å². The van der Waals surface area contributed by atoms with Crippen LogP contribution >= 0.6 is 0 Å². The molecular weight excluding hydrogens is 248 g/mol. The minimum absolute atomic E-state index is 0.0559. The number of hydrogen-bond donors (Lipinski definition) is 2. The molecule has 1 aromatic rings. The lowest BCUT2D eigenvalue weighted by Gasteiger charge is -2.17. The largest absolute Gasteiger partial charge is 0.488 e. The molecule has 2 N–H and O–H groups in total. The summed E-state index contributed by atoms with van der Waals surface area (Å²) in [6.07, 6.45) is -0.256. The Kier molecular flexibility index (Phi) is 2.95. The van der Waals surface area contributed by atoms with Crippen molar-refractivity contribution >= 4 is 5.97 Å². The Morgan fingerprint density at radius 3 is 3.00 bits per heavy atom. The quantitative estimate of drug-likeness (QED) is 0.769. The molecule has 1 aliphatic heterocycles. The minimum Gasteiger partial charge on any atom is -0.488 e. The Balaban J connectivity index is 2.04. The molecule has 3 rings (SSSR count). The lowest BCUT2D eigenvalue weighted by atomic mass is 9.88. The van der Waals surface area contributed by atoms with E-state index in [2.05, 4.69) is 0 Å². The highest BCUT2D eigenvalue weighted by atomic mass is 16.5. The number of rotatable bonds is 2. The van der Waals surface area contributed by atoms with Crippen LogP contribution in [0.4, 0.5) is 0 Å². The van der Waals surface area contributed by atoms with Crippen LogP contribution in [0.3, 0.4) is 0 Å². The highest BCUT2D eigenvalue weighted by molar-refractivity contribution is 5.93. The van der Waals surface area contributed by atoms with E-state index in [1.165, 1.54) is 7.11 Å². The van der Waals surface area contributed by atoms with E-state index in [0.29, 0.717) is 17.7 Å². The fraction of sp³-hybridized carbons (Fsp3) is 0.500. The van der Waals surface area contributed by atoms with Gasteiger partial charge in [0.25, 0.3) is 0 Å². The molecule has 0 amide bonds. The van der Waals surface area contributed by atoms with Crippen LogP contribution < -0.4 is 4.74 Å². The number of esters is 1. The van der Waals surface area contributed by atoms with Crippen molar-refractivity contribution in [2.24, 2.45) is 5.92 Å². The van der Waals surface area contributed by atoms with Crippen molar-refractivity contribution in [3.8, 4) is 5.75 Å². The molecule has 0 radical (unpaired) electrons. The van der Waals surface area contributed by atoms with Gasteiger partial charge in [0.1, 0.15) is 17.4 Å². The van der Waals surface area contributed by atoms with Crippen LogP contribution in [0.25, 0.3) is 0 Å². The lowest BCUT2D eigenvalue weighted by molar-refractivity contribution is 0.0594. The average Bonchev–Trinajstić information content (AvgIpc) is 2.91. The topological polar surface area (TPSA) is 76.0 Å². The van der Waals surface area contributed by atoms with Gasteiger partial charge >= 0.3 is 5.97 Å². The first kappa shape index (κ1) is 12.4. The summed E-state index contributed by atoms with van der Waals surface area (Å²) in [7, 11) is 1.33. The summed E-state index contributed by atoms with van der Waals surface area (Å²) in [5, 5.41) is 19.3. The summed E-state index contributed by atoms with van der Waals surface area (Å²) in [4.78, 5) is 11.7. The molecule has 0 bridgehead atoms. The van der Waals surface area contributed by atoms with Gasteiger partial charge in [-0.15, -0.1) is 0 Å². The smallest absolute Gasteiger partial charge is 0.341 e. The Morgan fingerprint density at radius 1 is 1.53 bits per heavy atom. The third kappa shape index (κ3) is 1.73. The van der Waals surface area contributed by atoms with Gasteiger partial charge in [-0.1, -0.05) is 12.1 Å². The highest BCUT2D eigenvalue weighted by Gasteiger charge is 2.50. The first-order chi connectivity index (χ1) is 9.17. The molecule has 1 fully saturated rings. The monoisotopic (exact) mass is 264 g/mol. The maximum absolute atomic E-state index is 11.7. The normalized spacial score (nSPS) is 31.5. The Bertz CT molecular complexity index is 513. The molecular formula is C14H16O5. The molecule has 19 heavy (non-hydrogen) atoms. The van der Waals surface area contributed by atoms with Gasteiger partial charge in [-0.3, -0.25) is 0 Å². The van der Waals surface area contributed by atoms with Crippen LogP contribution in [0.5, 0.6) is 5.75 Å². The zero-order valence-corrected chi connectivity index (χ0v) is 10.6. The second kappa shape index (κ2) is 4.51. The van der Waals surface area contributed by atoms with Gasteiger partial charge in [-0.05, 0) is 6.07 Å². The van der Waals surface area contributed by atoms with E-state index >= 15 is 0 Å². The fourth-order valence-corrected chi connectivity index (χ4v) is 3.23. The summed E-state index contributed by atoms with van der Waals surface area (Å²) in [5.41, 5.74) is 1.28. The number of methoxy groups -OCH3 is 1. The molecule has 2 unspecified atom stereocenters. The first-order valence-corrected chi connectivity index (χ1v) is 6.34. The summed E-state index contributed by atoms with van der Waals surface area (Å²) in [6, 6.07) is 5.32. The Labute approximate surface area is 110 Å². The van der Waals surface area contributed by atoms with Crippen LogP contribution in [-0.4, -0.2) is 42.1 Å². The minimum atomic E-state index is -0.560. The number of carbonyl (C=O) groups is 1. The maximum Gasteiger partial charge on any atom is 0.341 e. The molecule has 0 aromatic heterocycles. The van der Waals surface area contributed by atoms with Gasteiger partial charge < -0.3 is 19.7 Å². The average molecular weight is 264 g/mol. The highest BCUT2D eigenvalue weighted by Crippen LogP contribution is 2.51. The zero-order chi connectivity index (χ0) is 13.6. The molecule has 0 spiro atoms. The predicted octanol–water partition coefficient (Wildman–Crippen LogP) is 0.691. The number of fused-ring (bicyclic) bond motifs is 3. The number of hydrogen-bond acceptors (Lipinski definition) is 5. The zero-order valence-electron chi connectivity index (χ0n) is 10.6. The third-order valence-electron chi connectivity index (χ3n) is 4.12. The van der Waals surface area contributed by atoms with Gasteiger partial charge in [0, 0.05) is 30.4 Å². The van der Waals surface area contributed by atoms with Gasteiger partial charge in [0.15, 0.2) is 0 Å². The third-order valence-corrected chi connectivity index (χ3v) is 4.12. The molecule has 102 valence electrons. The number of para-hydroxylation sites is 1.